The van der Waals surface area contributed by atoms with Gasteiger partial charge in [0.25, 0.3) is 0 Å². The van der Waals surface area contributed by atoms with Crippen LogP contribution in [0.2, 0.25) is 5.02 Å². The fourth-order valence-corrected chi connectivity index (χ4v) is 3.51. The molecule has 0 aliphatic heterocycles. The van der Waals surface area contributed by atoms with Crippen LogP contribution in [-0.2, 0) is 20.5 Å². The molecule has 23 heavy (non-hydrogen) atoms. The Balaban J connectivity index is 2.24. The van der Waals surface area contributed by atoms with Crippen LogP contribution in [0.4, 0.5) is 5.69 Å². The van der Waals surface area contributed by atoms with Gasteiger partial charge in [-0.05, 0) is 30.7 Å². The fourth-order valence-electron chi connectivity index (χ4n) is 1.98. The number of ether oxygens (including phenoxy) is 1. The summed E-state index contributed by atoms with van der Waals surface area (Å²) in [6, 6.07) is 13.0. The van der Waals surface area contributed by atoms with Crippen molar-refractivity contribution in [1.82, 2.24) is 0 Å². The Morgan fingerprint density at radius 2 is 1.78 bits per heavy atom. The number of nitrogens with one attached hydrogen (secondary N) is 1. The number of anilines is 1. The van der Waals surface area contributed by atoms with Crippen molar-refractivity contribution >= 4 is 33.3 Å². The predicted octanol–water partition coefficient (Wildman–Crippen LogP) is 3.46. The molecule has 2 aromatic rings. The minimum absolute atomic E-state index is 0.164. The van der Waals surface area contributed by atoms with Crippen LogP contribution in [0.5, 0.6) is 0 Å². The highest BCUT2D eigenvalue weighted by molar-refractivity contribution is 7.91. The van der Waals surface area contributed by atoms with Gasteiger partial charge in [0.2, 0.25) is 10.0 Å². The van der Waals surface area contributed by atoms with E-state index in [2.05, 4.69) is 4.72 Å². The number of rotatable bonds is 6. The van der Waals surface area contributed by atoms with Gasteiger partial charge in [-0.3, -0.25) is 4.72 Å². The van der Waals surface area contributed by atoms with Gasteiger partial charge in [0.15, 0.2) is 0 Å². The monoisotopic (exact) mass is 353 g/mol. The maximum atomic E-state index is 12.3. The molecule has 0 fully saturated rings. The number of halogens is 1. The molecule has 2 rings (SSSR count). The molecule has 0 bridgehead atoms. The van der Waals surface area contributed by atoms with Crippen molar-refractivity contribution in [3.63, 3.8) is 0 Å². The first-order valence-corrected chi connectivity index (χ1v) is 8.96. The molecule has 2 aromatic carbocycles. The molecular weight excluding hydrogens is 338 g/mol. The number of benzene rings is 2. The van der Waals surface area contributed by atoms with Crippen LogP contribution in [0.3, 0.4) is 0 Å². The van der Waals surface area contributed by atoms with Gasteiger partial charge in [0.05, 0.1) is 23.6 Å². The second-order valence-corrected chi connectivity index (χ2v) is 6.85. The van der Waals surface area contributed by atoms with Crippen molar-refractivity contribution in [3.05, 3.63) is 64.7 Å². The summed E-state index contributed by atoms with van der Waals surface area (Å²) in [4.78, 5) is 11.9. The summed E-state index contributed by atoms with van der Waals surface area (Å²) in [6.07, 6.45) is 0. The highest BCUT2D eigenvalue weighted by Crippen LogP contribution is 2.22. The van der Waals surface area contributed by atoms with Crippen LogP contribution < -0.4 is 4.72 Å². The Bertz CT molecular complexity index is 805. The maximum Gasteiger partial charge on any atom is 0.340 e. The summed E-state index contributed by atoms with van der Waals surface area (Å²) in [5.41, 5.74) is 0.824. The van der Waals surface area contributed by atoms with Gasteiger partial charge in [-0.25, -0.2) is 13.2 Å². The van der Waals surface area contributed by atoms with E-state index in [9.17, 15) is 13.2 Å². The van der Waals surface area contributed by atoms with Gasteiger partial charge in [-0.15, -0.1) is 0 Å². The van der Waals surface area contributed by atoms with Crippen molar-refractivity contribution < 1.29 is 17.9 Å². The molecule has 0 aromatic heterocycles. The summed E-state index contributed by atoms with van der Waals surface area (Å²) >= 11 is 5.99. The molecule has 0 saturated carbocycles. The zero-order valence-corrected chi connectivity index (χ0v) is 14.0. The molecule has 122 valence electrons. The van der Waals surface area contributed by atoms with E-state index in [1.165, 1.54) is 12.1 Å². The van der Waals surface area contributed by atoms with Crippen LogP contribution in [0.1, 0.15) is 22.8 Å². The van der Waals surface area contributed by atoms with Gasteiger partial charge in [-0.1, -0.05) is 41.9 Å². The van der Waals surface area contributed by atoms with Crippen molar-refractivity contribution in [3.8, 4) is 0 Å². The van der Waals surface area contributed by atoms with Crippen molar-refractivity contribution in [2.45, 2.75) is 12.7 Å². The summed E-state index contributed by atoms with van der Waals surface area (Å²) in [5.74, 6) is -0.868. The van der Waals surface area contributed by atoms with Crippen LogP contribution in [0, 0.1) is 0 Å². The van der Waals surface area contributed by atoms with E-state index in [0.29, 0.717) is 10.6 Å². The van der Waals surface area contributed by atoms with E-state index in [1.54, 1.807) is 43.3 Å². The number of hydrogen-bond acceptors (Lipinski definition) is 4. The molecule has 0 amide bonds. The number of para-hydroxylation sites is 1. The lowest BCUT2D eigenvalue weighted by Gasteiger charge is -2.12. The number of hydrogen-bond donors (Lipinski definition) is 1. The molecule has 1 N–H and O–H groups in total. The average Bonchev–Trinajstić information content (AvgIpc) is 2.50. The molecule has 0 spiro atoms. The third-order valence-electron chi connectivity index (χ3n) is 2.99. The molecule has 0 unspecified atom stereocenters. The molecule has 0 radical (unpaired) electrons. The van der Waals surface area contributed by atoms with Gasteiger partial charge < -0.3 is 4.74 Å². The topological polar surface area (TPSA) is 72.5 Å². The molecule has 5 nitrogen and oxygen atoms in total. The summed E-state index contributed by atoms with van der Waals surface area (Å²) in [6.45, 7) is 1.89. The Labute approximate surface area is 140 Å². The number of carbonyl (C=O) groups is 1. The van der Waals surface area contributed by atoms with E-state index in [1.807, 2.05) is 0 Å². The smallest absolute Gasteiger partial charge is 0.340 e. The first kappa shape index (κ1) is 17.3. The summed E-state index contributed by atoms with van der Waals surface area (Å²) < 4.78 is 32.0. The quantitative estimate of drug-likeness (QED) is 0.807. The van der Waals surface area contributed by atoms with E-state index in [0.717, 1.165) is 0 Å². The third kappa shape index (κ3) is 4.71. The largest absolute Gasteiger partial charge is 0.462 e. The standard InChI is InChI=1S/C16H16ClNO4S/c1-2-22-16(19)13-8-4-6-10-15(13)18-23(20,21)11-12-7-3-5-9-14(12)17/h3-10,18H,2,11H2,1H3. The van der Waals surface area contributed by atoms with Crippen LogP contribution in [0.15, 0.2) is 48.5 Å². The van der Waals surface area contributed by atoms with Crippen molar-refractivity contribution in [2.24, 2.45) is 0 Å². The zero-order valence-electron chi connectivity index (χ0n) is 12.5. The molecule has 7 heteroatoms. The lowest BCUT2D eigenvalue weighted by molar-refractivity contribution is 0.0527. The highest BCUT2D eigenvalue weighted by atomic mass is 35.5. The van der Waals surface area contributed by atoms with E-state index >= 15 is 0 Å². The molecule has 0 heterocycles. The zero-order chi connectivity index (χ0) is 16.9. The molecule has 0 aliphatic carbocycles. The summed E-state index contributed by atoms with van der Waals surface area (Å²) in [7, 11) is -3.72. The van der Waals surface area contributed by atoms with Crippen molar-refractivity contribution in [1.29, 1.82) is 0 Å². The lowest BCUT2D eigenvalue weighted by Crippen LogP contribution is -2.18. The maximum absolute atomic E-state index is 12.3. The molecule has 0 saturated heterocycles. The Morgan fingerprint density at radius 1 is 1.13 bits per heavy atom. The number of sulfonamides is 1. The molecule has 0 aliphatic rings. The van der Waals surface area contributed by atoms with Crippen molar-refractivity contribution in [2.75, 3.05) is 11.3 Å². The first-order chi connectivity index (χ1) is 10.9. The third-order valence-corrected chi connectivity index (χ3v) is 4.58. The van der Waals surface area contributed by atoms with Gasteiger partial charge in [0, 0.05) is 5.02 Å². The second-order valence-electron chi connectivity index (χ2n) is 4.72. The molecular formula is C16H16ClNO4S. The first-order valence-electron chi connectivity index (χ1n) is 6.93. The Kier molecular flexibility index (Phi) is 5.63. The van der Waals surface area contributed by atoms with Crippen LogP contribution >= 0.6 is 11.6 Å². The fraction of sp³-hybridized carbons (Fsp3) is 0.188. The lowest BCUT2D eigenvalue weighted by atomic mass is 10.2. The van der Waals surface area contributed by atoms with Gasteiger partial charge in [0.1, 0.15) is 0 Å². The number of carbonyl (C=O) groups excluding carboxylic acids is 1. The van der Waals surface area contributed by atoms with Crippen LogP contribution in [-0.4, -0.2) is 21.0 Å². The summed E-state index contributed by atoms with van der Waals surface area (Å²) in [5, 5.41) is 0.372. The minimum atomic E-state index is -3.72. The van der Waals surface area contributed by atoms with Crippen LogP contribution in [0.25, 0.3) is 0 Å². The highest BCUT2D eigenvalue weighted by Gasteiger charge is 2.18. The average molecular weight is 354 g/mol. The second kappa shape index (κ2) is 7.48. The normalized spacial score (nSPS) is 11.0. The Morgan fingerprint density at radius 3 is 2.48 bits per heavy atom. The molecule has 0 atom stereocenters. The minimum Gasteiger partial charge on any atom is -0.462 e. The van der Waals surface area contributed by atoms with Gasteiger partial charge >= 0.3 is 5.97 Å². The van der Waals surface area contributed by atoms with E-state index in [4.69, 9.17) is 16.3 Å². The van der Waals surface area contributed by atoms with Gasteiger partial charge in [-0.2, -0.15) is 0 Å². The number of esters is 1. The Hall–Kier alpha value is -2.05. The SMILES string of the molecule is CCOC(=O)c1ccccc1NS(=O)(=O)Cc1ccccc1Cl. The predicted molar refractivity (Wildman–Crippen MR) is 90.1 cm³/mol. The van der Waals surface area contributed by atoms with E-state index in [-0.39, 0.29) is 23.6 Å². The van der Waals surface area contributed by atoms with E-state index < -0.39 is 16.0 Å².